The Morgan fingerprint density at radius 1 is 1.31 bits per heavy atom. The molecule has 0 amide bonds. The first-order valence-corrected chi connectivity index (χ1v) is 6.56. The first kappa shape index (κ1) is 13.7. The van der Waals surface area contributed by atoms with E-state index in [1.54, 1.807) is 0 Å². The molecular formula is C14H27NO. The lowest BCUT2D eigenvalue weighted by Gasteiger charge is -2.37. The van der Waals surface area contributed by atoms with Crippen molar-refractivity contribution in [2.75, 3.05) is 7.11 Å². The van der Waals surface area contributed by atoms with Crippen LogP contribution in [0.4, 0.5) is 0 Å². The standard InChI is InChI=1S/C14H27NO/c1-12(2)8-9-13(15)14(16-3)10-6-4-5-7-11-14/h13H,1,4-11,15H2,2-3H3. The van der Waals surface area contributed by atoms with E-state index in [0.717, 1.165) is 25.7 Å². The van der Waals surface area contributed by atoms with Gasteiger partial charge in [-0.3, -0.25) is 0 Å². The smallest absolute Gasteiger partial charge is 0.0828 e. The molecule has 16 heavy (non-hydrogen) atoms. The fourth-order valence-corrected chi connectivity index (χ4v) is 2.72. The molecule has 0 radical (unpaired) electrons. The topological polar surface area (TPSA) is 35.2 Å². The molecule has 0 saturated heterocycles. The molecule has 2 nitrogen and oxygen atoms in total. The summed E-state index contributed by atoms with van der Waals surface area (Å²) in [6, 6.07) is 0.160. The molecule has 1 atom stereocenters. The van der Waals surface area contributed by atoms with E-state index in [9.17, 15) is 0 Å². The first-order chi connectivity index (χ1) is 7.60. The number of hydrogen-bond acceptors (Lipinski definition) is 2. The van der Waals surface area contributed by atoms with Gasteiger partial charge >= 0.3 is 0 Å². The second-order valence-electron chi connectivity index (χ2n) is 5.29. The van der Waals surface area contributed by atoms with E-state index < -0.39 is 0 Å². The number of hydrogen-bond donors (Lipinski definition) is 1. The molecule has 1 aliphatic carbocycles. The van der Waals surface area contributed by atoms with Crippen LogP contribution >= 0.6 is 0 Å². The van der Waals surface area contributed by atoms with E-state index in [1.165, 1.54) is 31.3 Å². The summed E-state index contributed by atoms with van der Waals surface area (Å²) in [5, 5.41) is 0. The van der Waals surface area contributed by atoms with E-state index >= 15 is 0 Å². The fourth-order valence-electron chi connectivity index (χ4n) is 2.72. The summed E-state index contributed by atoms with van der Waals surface area (Å²) >= 11 is 0. The van der Waals surface area contributed by atoms with Gasteiger partial charge < -0.3 is 10.5 Å². The van der Waals surface area contributed by atoms with Crippen LogP contribution < -0.4 is 5.73 Å². The molecular weight excluding hydrogens is 198 g/mol. The number of allylic oxidation sites excluding steroid dienone is 1. The van der Waals surface area contributed by atoms with E-state index in [2.05, 4.69) is 13.5 Å². The summed E-state index contributed by atoms with van der Waals surface area (Å²) in [6.07, 6.45) is 9.46. The Kier molecular flexibility index (Phi) is 5.50. The van der Waals surface area contributed by atoms with Gasteiger partial charge in [0.15, 0.2) is 0 Å². The minimum atomic E-state index is -0.0635. The average molecular weight is 225 g/mol. The van der Waals surface area contributed by atoms with Crippen molar-refractivity contribution < 1.29 is 4.74 Å². The fraction of sp³-hybridized carbons (Fsp3) is 0.857. The van der Waals surface area contributed by atoms with Gasteiger partial charge in [0.1, 0.15) is 0 Å². The second kappa shape index (κ2) is 6.41. The number of nitrogens with two attached hydrogens (primary N) is 1. The third kappa shape index (κ3) is 3.60. The molecule has 0 aromatic rings. The van der Waals surface area contributed by atoms with Crippen LogP contribution in [-0.2, 0) is 4.74 Å². The van der Waals surface area contributed by atoms with Crippen molar-refractivity contribution in [3.05, 3.63) is 12.2 Å². The quantitative estimate of drug-likeness (QED) is 0.575. The predicted octanol–water partition coefficient (Wildman–Crippen LogP) is 3.41. The molecule has 94 valence electrons. The van der Waals surface area contributed by atoms with Crippen LogP contribution in [-0.4, -0.2) is 18.8 Å². The van der Waals surface area contributed by atoms with Crippen molar-refractivity contribution >= 4 is 0 Å². The number of ether oxygens (including phenoxy) is 1. The molecule has 2 N–H and O–H groups in total. The predicted molar refractivity (Wildman–Crippen MR) is 69.5 cm³/mol. The molecule has 1 fully saturated rings. The Hall–Kier alpha value is -0.340. The van der Waals surface area contributed by atoms with Gasteiger partial charge in [0, 0.05) is 13.2 Å². The van der Waals surface area contributed by atoms with Gasteiger partial charge in [0.25, 0.3) is 0 Å². The van der Waals surface area contributed by atoms with E-state index in [4.69, 9.17) is 10.5 Å². The summed E-state index contributed by atoms with van der Waals surface area (Å²) < 4.78 is 5.80. The van der Waals surface area contributed by atoms with Crippen molar-refractivity contribution in [2.24, 2.45) is 5.73 Å². The van der Waals surface area contributed by atoms with Crippen LogP contribution in [0.2, 0.25) is 0 Å². The molecule has 0 aromatic heterocycles. The Labute approximate surface area is 100 Å². The normalized spacial score (nSPS) is 22.4. The summed E-state index contributed by atoms with van der Waals surface area (Å²) in [4.78, 5) is 0. The van der Waals surface area contributed by atoms with E-state index in [1.807, 2.05) is 7.11 Å². The van der Waals surface area contributed by atoms with Crippen LogP contribution in [0.3, 0.4) is 0 Å². The van der Waals surface area contributed by atoms with Gasteiger partial charge in [-0.05, 0) is 32.6 Å². The SMILES string of the molecule is C=C(C)CCC(N)C1(OC)CCCCCC1. The zero-order chi connectivity index (χ0) is 12.0. The largest absolute Gasteiger partial charge is 0.377 e. The molecule has 0 bridgehead atoms. The third-order valence-electron chi connectivity index (χ3n) is 3.91. The average Bonchev–Trinajstić information content (AvgIpc) is 2.51. The highest BCUT2D eigenvalue weighted by Gasteiger charge is 2.36. The Bertz CT molecular complexity index is 217. The Morgan fingerprint density at radius 2 is 1.88 bits per heavy atom. The number of methoxy groups -OCH3 is 1. The maximum absolute atomic E-state index is 6.35. The first-order valence-electron chi connectivity index (χ1n) is 6.56. The molecule has 0 heterocycles. The van der Waals surface area contributed by atoms with Crippen molar-refractivity contribution in [2.45, 2.75) is 69.9 Å². The highest BCUT2D eigenvalue weighted by molar-refractivity contribution is 4.96. The van der Waals surface area contributed by atoms with Gasteiger partial charge in [-0.1, -0.05) is 31.3 Å². The third-order valence-corrected chi connectivity index (χ3v) is 3.91. The summed E-state index contributed by atoms with van der Waals surface area (Å²) in [5.41, 5.74) is 7.50. The molecule has 0 aliphatic heterocycles. The summed E-state index contributed by atoms with van der Waals surface area (Å²) in [6.45, 7) is 6.01. The van der Waals surface area contributed by atoms with Gasteiger partial charge in [-0.25, -0.2) is 0 Å². The maximum Gasteiger partial charge on any atom is 0.0828 e. The summed E-state index contributed by atoms with van der Waals surface area (Å²) in [7, 11) is 1.83. The van der Waals surface area contributed by atoms with Crippen molar-refractivity contribution in [3.63, 3.8) is 0 Å². The van der Waals surface area contributed by atoms with Crippen molar-refractivity contribution in [1.29, 1.82) is 0 Å². The van der Waals surface area contributed by atoms with Gasteiger partial charge in [-0.15, -0.1) is 6.58 Å². The van der Waals surface area contributed by atoms with Crippen molar-refractivity contribution in [3.8, 4) is 0 Å². The number of rotatable bonds is 5. The minimum absolute atomic E-state index is 0.0635. The highest BCUT2D eigenvalue weighted by Crippen LogP contribution is 2.33. The van der Waals surface area contributed by atoms with E-state index in [0.29, 0.717) is 0 Å². The monoisotopic (exact) mass is 225 g/mol. The minimum Gasteiger partial charge on any atom is -0.377 e. The zero-order valence-corrected chi connectivity index (χ0v) is 10.9. The maximum atomic E-state index is 6.35. The molecule has 0 spiro atoms. The molecule has 1 rings (SSSR count). The van der Waals surface area contributed by atoms with Crippen LogP contribution in [0.15, 0.2) is 12.2 Å². The van der Waals surface area contributed by atoms with Crippen LogP contribution in [0.1, 0.15) is 58.3 Å². The Morgan fingerprint density at radius 3 is 2.31 bits per heavy atom. The van der Waals surface area contributed by atoms with Gasteiger partial charge in [0.2, 0.25) is 0 Å². The second-order valence-corrected chi connectivity index (χ2v) is 5.29. The van der Waals surface area contributed by atoms with Crippen LogP contribution in [0.5, 0.6) is 0 Å². The zero-order valence-electron chi connectivity index (χ0n) is 10.9. The van der Waals surface area contributed by atoms with Gasteiger partial charge in [-0.2, -0.15) is 0 Å². The molecule has 2 heteroatoms. The van der Waals surface area contributed by atoms with E-state index in [-0.39, 0.29) is 11.6 Å². The molecule has 1 aliphatic rings. The van der Waals surface area contributed by atoms with Crippen LogP contribution in [0, 0.1) is 0 Å². The van der Waals surface area contributed by atoms with Gasteiger partial charge in [0.05, 0.1) is 5.60 Å². The summed E-state index contributed by atoms with van der Waals surface area (Å²) in [5.74, 6) is 0. The van der Waals surface area contributed by atoms with Crippen molar-refractivity contribution in [1.82, 2.24) is 0 Å². The van der Waals surface area contributed by atoms with Crippen LogP contribution in [0.25, 0.3) is 0 Å². The highest BCUT2D eigenvalue weighted by atomic mass is 16.5. The molecule has 1 unspecified atom stereocenters. The molecule has 0 aromatic carbocycles. The lowest BCUT2D eigenvalue weighted by Crippen LogP contribution is -2.49. The molecule has 1 saturated carbocycles. The Balaban J connectivity index is 2.57. The lowest BCUT2D eigenvalue weighted by molar-refractivity contribution is -0.0448. The lowest BCUT2D eigenvalue weighted by atomic mass is 9.83.